The number of carbonyl (C=O) groups is 2. The van der Waals surface area contributed by atoms with E-state index in [1.54, 1.807) is 5.32 Å². The van der Waals surface area contributed by atoms with E-state index in [0.717, 1.165) is 30.3 Å². The SMILES string of the molecule is O=C(NC(=O)c1c(F)cccc1F)Nc1cc(Cl)c(OC(F)C(F)C(F)(F)F)c(Cl)c1. The first-order valence-electron chi connectivity index (χ1n) is 7.88. The van der Waals surface area contributed by atoms with Gasteiger partial charge in [-0.25, -0.2) is 18.0 Å². The number of nitrogens with one attached hydrogen (secondary N) is 2. The Morgan fingerprint density at radius 1 is 1.00 bits per heavy atom. The van der Waals surface area contributed by atoms with Gasteiger partial charge in [0.2, 0.25) is 0 Å². The summed E-state index contributed by atoms with van der Waals surface area (Å²) >= 11 is 11.4. The largest absolute Gasteiger partial charge is 0.454 e. The van der Waals surface area contributed by atoms with E-state index >= 15 is 0 Å². The number of halogens is 9. The molecule has 14 heteroatoms. The van der Waals surface area contributed by atoms with Crippen LogP contribution in [0.15, 0.2) is 30.3 Å². The molecule has 2 aromatic carbocycles. The Labute approximate surface area is 179 Å². The van der Waals surface area contributed by atoms with Crippen LogP contribution in [0.1, 0.15) is 10.4 Å². The first kappa shape index (κ1) is 24.5. The molecule has 0 saturated heterocycles. The molecule has 2 rings (SSSR count). The molecule has 168 valence electrons. The number of amides is 3. The molecule has 0 aliphatic carbocycles. The molecule has 2 N–H and O–H groups in total. The Kier molecular flexibility index (Phi) is 7.60. The van der Waals surface area contributed by atoms with E-state index in [1.807, 2.05) is 5.32 Å². The second-order valence-corrected chi connectivity index (χ2v) is 6.50. The van der Waals surface area contributed by atoms with Crippen LogP contribution in [0.2, 0.25) is 10.0 Å². The van der Waals surface area contributed by atoms with Gasteiger partial charge < -0.3 is 10.1 Å². The van der Waals surface area contributed by atoms with Crippen molar-refractivity contribution in [3.63, 3.8) is 0 Å². The van der Waals surface area contributed by atoms with Gasteiger partial charge in [-0.05, 0) is 24.3 Å². The lowest BCUT2D eigenvalue weighted by atomic mass is 10.2. The van der Waals surface area contributed by atoms with Crippen LogP contribution in [-0.2, 0) is 0 Å². The average Bonchev–Trinajstić information content (AvgIpc) is 2.62. The van der Waals surface area contributed by atoms with E-state index < -0.39 is 63.6 Å². The van der Waals surface area contributed by atoms with Crippen molar-refractivity contribution in [2.75, 3.05) is 5.32 Å². The highest BCUT2D eigenvalue weighted by Gasteiger charge is 2.47. The number of hydrogen-bond acceptors (Lipinski definition) is 3. The third kappa shape index (κ3) is 6.14. The van der Waals surface area contributed by atoms with Crippen molar-refractivity contribution < 1.29 is 45.1 Å². The Bertz CT molecular complexity index is 961. The first-order chi connectivity index (χ1) is 14.3. The summed E-state index contributed by atoms with van der Waals surface area (Å²) in [6, 6.07) is 2.92. The number of hydrogen-bond donors (Lipinski definition) is 2. The lowest BCUT2D eigenvalue weighted by molar-refractivity contribution is -0.219. The highest BCUT2D eigenvalue weighted by molar-refractivity contribution is 6.37. The molecule has 0 fully saturated rings. The molecule has 31 heavy (non-hydrogen) atoms. The van der Waals surface area contributed by atoms with Crippen molar-refractivity contribution in [3.05, 3.63) is 57.6 Å². The first-order valence-corrected chi connectivity index (χ1v) is 8.63. The Hall–Kier alpha value is -2.73. The van der Waals surface area contributed by atoms with Gasteiger partial charge in [0, 0.05) is 5.69 Å². The number of benzene rings is 2. The third-order valence-corrected chi connectivity index (χ3v) is 4.01. The van der Waals surface area contributed by atoms with Gasteiger partial charge in [0.05, 0.1) is 10.0 Å². The predicted molar refractivity (Wildman–Crippen MR) is 95.8 cm³/mol. The molecule has 0 bridgehead atoms. The zero-order valence-corrected chi connectivity index (χ0v) is 16.2. The molecule has 2 aromatic rings. The van der Waals surface area contributed by atoms with Gasteiger partial charge in [-0.1, -0.05) is 29.3 Å². The monoisotopic (exact) mass is 492 g/mol. The molecule has 0 heterocycles. The van der Waals surface area contributed by atoms with E-state index in [9.17, 15) is 40.3 Å². The van der Waals surface area contributed by atoms with Crippen molar-refractivity contribution in [3.8, 4) is 5.75 Å². The van der Waals surface area contributed by atoms with E-state index in [1.165, 1.54) is 0 Å². The maximum Gasteiger partial charge on any atom is 0.426 e. The van der Waals surface area contributed by atoms with Gasteiger partial charge in [0.25, 0.3) is 18.4 Å². The van der Waals surface area contributed by atoms with Gasteiger partial charge in [-0.15, -0.1) is 0 Å². The fourth-order valence-electron chi connectivity index (χ4n) is 2.11. The molecule has 0 aromatic heterocycles. The molecule has 3 amide bonds. The van der Waals surface area contributed by atoms with Crippen LogP contribution in [0.3, 0.4) is 0 Å². The summed E-state index contributed by atoms with van der Waals surface area (Å²) in [5.41, 5.74) is -1.30. The molecule has 0 aliphatic heterocycles. The number of anilines is 1. The topological polar surface area (TPSA) is 67.4 Å². The van der Waals surface area contributed by atoms with Crippen molar-refractivity contribution in [2.24, 2.45) is 0 Å². The Balaban J connectivity index is 2.11. The summed E-state index contributed by atoms with van der Waals surface area (Å²) in [6.45, 7) is 0. The molecule has 2 atom stereocenters. The summed E-state index contributed by atoms with van der Waals surface area (Å²) in [4.78, 5) is 23.7. The molecule has 0 aliphatic rings. The second-order valence-electron chi connectivity index (χ2n) is 5.69. The molecule has 5 nitrogen and oxygen atoms in total. The Morgan fingerprint density at radius 2 is 1.52 bits per heavy atom. The molecule has 0 spiro atoms. The van der Waals surface area contributed by atoms with Crippen LogP contribution < -0.4 is 15.4 Å². The fourth-order valence-corrected chi connectivity index (χ4v) is 2.68. The average molecular weight is 493 g/mol. The van der Waals surface area contributed by atoms with E-state index in [2.05, 4.69) is 4.74 Å². The summed E-state index contributed by atoms with van der Waals surface area (Å²) in [6.07, 6.45) is -13.0. The molecular formula is C17H9Cl2F7N2O3. The minimum absolute atomic E-state index is 0.273. The number of rotatable bonds is 5. The van der Waals surface area contributed by atoms with Crippen molar-refractivity contribution in [1.82, 2.24) is 5.32 Å². The van der Waals surface area contributed by atoms with Crippen LogP contribution in [0.5, 0.6) is 5.75 Å². The van der Waals surface area contributed by atoms with Gasteiger partial charge in [-0.3, -0.25) is 10.1 Å². The summed E-state index contributed by atoms with van der Waals surface area (Å²) in [5.74, 6) is -4.74. The quantitative estimate of drug-likeness (QED) is 0.517. The highest BCUT2D eigenvalue weighted by atomic mass is 35.5. The van der Waals surface area contributed by atoms with E-state index in [-0.39, 0.29) is 5.69 Å². The van der Waals surface area contributed by atoms with Gasteiger partial charge in [-0.2, -0.15) is 17.6 Å². The number of carbonyl (C=O) groups excluding carboxylic acids is 2. The van der Waals surface area contributed by atoms with Gasteiger partial charge >= 0.3 is 12.2 Å². The van der Waals surface area contributed by atoms with Crippen LogP contribution >= 0.6 is 23.2 Å². The maximum atomic E-state index is 13.6. The minimum Gasteiger partial charge on any atom is -0.454 e. The van der Waals surface area contributed by atoms with Crippen molar-refractivity contribution >= 4 is 40.8 Å². The summed E-state index contributed by atoms with van der Waals surface area (Å²) in [7, 11) is 0. The van der Waals surface area contributed by atoms with E-state index in [4.69, 9.17) is 23.2 Å². The van der Waals surface area contributed by atoms with Crippen LogP contribution in [0.25, 0.3) is 0 Å². The van der Waals surface area contributed by atoms with Gasteiger partial charge in [0.15, 0.2) is 5.75 Å². The zero-order chi connectivity index (χ0) is 23.5. The van der Waals surface area contributed by atoms with Crippen molar-refractivity contribution in [2.45, 2.75) is 18.7 Å². The van der Waals surface area contributed by atoms with Crippen LogP contribution in [0.4, 0.5) is 41.2 Å². The number of imide groups is 1. The van der Waals surface area contributed by atoms with Crippen molar-refractivity contribution in [1.29, 1.82) is 0 Å². The molecule has 0 saturated carbocycles. The predicted octanol–water partition coefficient (Wildman–Crippen LogP) is 5.81. The highest BCUT2D eigenvalue weighted by Crippen LogP contribution is 2.38. The van der Waals surface area contributed by atoms with Crippen LogP contribution in [-0.4, -0.2) is 30.6 Å². The number of urea groups is 1. The number of ether oxygens (including phenoxy) is 1. The minimum atomic E-state index is -5.54. The third-order valence-electron chi connectivity index (χ3n) is 3.45. The second kappa shape index (κ2) is 9.60. The maximum absolute atomic E-state index is 13.6. The molecular weight excluding hydrogens is 484 g/mol. The fraction of sp³-hybridized carbons (Fsp3) is 0.176. The van der Waals surface area contributed by atoms with Crippen LogP contribution in [0, 0.1) is 11.6 Å². The lowest BCUT2D eigenvalue weighted by Crippen LogP contribution is -2.37. The standard InChI is InChI=1S/C17H9Cl2F7N2O3/c18-7-4-6(5-8(19)12(7)31-14(23)13(22)17(24,25)26)27-16(30)28-15(29)11-9(20)2-1-3-10(11)21/h1-5,13-14H,(H2,27,28,29,30). The normalized spacial score (nSPS) is 13.3. The number of alkyl halides is 5. The van der Waals surface area contributed by atoms with E-state index in [0.29, 0.717) is 0 Å². The lowest BCUT2D eigenvalue weighted by Gasteiger charge is -2.19. The summed E-state index contributed by atoms with van der Waals surface area (Å²) < 4.78 is 94.2. The Morgan fingerprint density at radius 3 is 2.00 bits per heavy atom. The molecule has 0 radical (unpaired) electrons. The summed E-state index contributed by atoms with van der Waals surface area (Å²) in [5, 5.41) is 2.39. The molecule has 2 unspecified atom stereocenters. The zero-order valence-electron chi connectivity index (χ0n) is 14.7. The smallest absolute Gasteiger partial charge is 0.426 e. The van der Waals surface area contributed by atoms with Gasteiger partial charge in [0.1, 0.15) is 17.2 Å².